The van der Waals surface area contributed by atoms with E-state index in [1.54, 1.807) is 28.7 Å². The number of aliphatic hydroxyl groups excluding tert-OH is 5. The Hall–Kier alpha value is 2.12. The minimum atomic E-state index is -0.389. The van der Waals surface area contributed by atoms with Crippen molar-refractivity contribution in [3.8, 4) is 0 Å². The monoisotopic (exact) mass is 606 g/mol. The number of hydrogen-bond acceptors (Lipinski definition) is 10. The fourth-order valence-corrected chi connectivity index (χ4v) is 10.1. The fourth-order valence-electron chi connectivity index (χ4n) is 1.76. The molecular formula is C16H32Br2O6S4. The first-order valence-corrected chi connectivity index (χ1v) is 15.8. The molecule has 2 aliphatic rings. The molecule has 0 aromatic heterocycles. The average molecular weight is 609 g/mol. The molecular weight excluding hydrogens is 576 g/mol. The smallest absolute Gasteiger partial charge is 0.0557 e. The van der Waals surface area contributed by atoms with Crippen LogP contribution < -0.4 is 0 Å². The third-order valence-electron chi connectivity index (χ3n) is 4.32. The van der Waals surface area contributed by atoms with Crippen LogP contribution in [0.15, 0.2) is 0 Å². The second-order valence-corrected chi connectivity index (χ2v) is 13.1. The van der Waals surface area contributed by atoms with E-state index in [-0.39, 0.29) is 49.3 Å². The SMILES string of the molecule is COCC1(CO)CSSC1.OCC(CO)(CBr)CBr.OCC1(CO)CSSC1. The summed E-state index contributed by atoms with van der Waals surface area (Å²) in [6.45, 7) is 1.16. The molecule has 2 aliphatic heterocycles. The summed E-state index contributed by atoms with van der Waals surface area (Å²) in [4.78, 5) is 0. The lowest BCUT2D eigenvalue weighted by Gasteiger charge is -2.23. The summed E-state index contributed by atoms with van der Waals surface area (Å²) >= 11 is 6.41. The van der Waals surface area contributed by atoms with Crippen LogP contribution in [-0.4, -0.2) is 106 Å². The molecule has 0 aromatic carbocycles. The Morgan fingerprint density at radius 3 is 1.29 bits per heavy atom. The molecule has 0 unspecified atom stereocenters. The zero-order valence-electron chi connectivity index (χ0n) is 16.0. The summed E-state index contributed by atoms with van der Waals surface area (Å²) in [5.41, 5.74) is -0.528. The van der Waals surface area contributed by atoms with Crippen LogP contribution in [0.3, 0.4) is 0 Å². The topological polar surface area (TPSA) is 110 Å². The molecule has 0 spiro atoms. The van der Waals surface area contributed by atoms with Gasteiger partial charge in [-0.1, -0.05) is 75.0 Å². The number of aliphatic hydroxyl groups is 5. The summed E-state index contributed by atoms with van der Waals surface area (Å²) < 4.78 is 5.03. The molecule has 2 fully saturated rings. The Bertz CT molecular complexity index is 349. The number of ether oxygens (including phenoxy) is 1. The number of hydrogen-bond donors (Lipinski definition) is 5. The maximum Gasteiger partial charge on any atom is 0.0557 e. The van der Waals surface area contributed by atoms with E-state index >= 15 is 0 Å². The van der Waals surface area contributed by atoms with Gasteiger partial charge in [0.15, 0.2) is 0 Å². The van der Waals surface area contributed by atoms with E-state index in [0.29, 0.717) is 17.3 Å². The van der Waals surface area contributed by atoms with Gasteiger partial charge in [0.1, 0.15) is 0 Å². The van der Waals surface area contributed by atoms with E-state index in [0.717, 1.165) is 23.0 Å². The van der Waals surface area contributed by atoms with Gasteiger partial charge in [0.2, 0.25) is 0 Å². The van der Waals surface area contributed by atoms with Crippen LogP contribution >= 0.6 is 75.0 Å². The number of methoxy groups -OCH3 is 1. The standard InChI is InChI=1S/C6H12O2S2.C5H10Br2O2.C5H10O2S2/c1-8-3-6(2-7)4-9-10-5-6;6-1-5(2-7,3-8)4-9;6-1-5(2-7)3-8-9-4-5/h7H,2-5H2,1H3;8-9H,1-4H2;6-7H,1-4H2. The average Bonchev–Trinajstić information content (AvgIpc) is 3.42. The van der Waals surface area contributed by atoms with Crippen molar-refractivity contribution in [2.24, 2.45) is 16.2 Å². The molecule has 0 aromatic rings. The van der Waals surface area contributed by atoms with Crippen molar-refractivity contribution in [2.75, 3.05) is 80.4 Å². The van der Waals surface area contributed by atoms with Crippen LogP contribution in [0.25, 0.3) is 0 Å². The fraction of sp³-hybridized carbons (Fsp3) is 1.00. The van der Waals surface area contributed by atoms with Gasteiger partial charge in [-0.25, -0.2) is 0 Å². The molecule has 0 bridgehead atoms. The van der Waals surface area contributed by atoms with Crippen molar-refractivity contribution in [1.82, 2.24) is 0 Å². The zero-order chi connectivity index (χ0) is 21.5. The van der Waals surface area contributed by atoms with Crippen LogP contribution in [0, 0.1) is 16.2 Å². The first-order valence-electron chi connectivity index (χ1n) is 8.54. The predicted octanol–water partition coefficient (Wildman–Crippen LogP) is 2.11. The van der Waals surface area contributed by atoms with Gasteiger partial charge in [-0.15, -0.1) is 0 Å². The number of halogens is 2. The van der Waals surface area contributed by atoms with E-state index in [1.165, 1.54) is 0 Å². The van der Waals surface area contributed by atoms with E-state index in [1.807, 2.05) is 21.6 Å². The zero-order valence-corrected chi connectivity index (χ0v) is 22.5. The Labute approximate surface area is 200 Å². The largest absolute Gasteiger partial charge is 0.396 e. The maximum absolute atomic E-state index is 9.04. The van der Waals surface area contributed by atoms with Crippen molar-refractivity contribution < 1.29 is 30.3 Å². The lowest BCUT2D eigenvalue weighted by atomic mass is 9.96. The van der Waals surface area contributed by atoms with Gasteiger partial charge < -0.3 is 30.3 Å². The highest BCUT2D eigenvalue weighted by molar-refractivity contribution is 9.09. The van der Waals surface area contributed by atoms with Crippen LogP contribution in [0.2, 0.25) is 0 Å². The second-order valence-electron chi connectivity index (χ2n) is 7.04. The van der Waals surface area contributed by atoms with Crippen molar-refractivity contribution in [3.05, 3.63) is 0 Å². The second kappa shape index (κ2) is 16.7. The molecule has 0 radical (unpaired) electrons. The maximum atomic E-state index is 9.04. The Morgan fingerprint density at radius 2 is 1.11 bits per heavy atom. The first kappa shape index (κ1) is 30.1. The van der Waals surface area contributed by atoms with Gasteiger partial charge >= 0.3 is 0 Å². The molecule has 0 saturated carbocycles. The third kappa shape index (κ3) is 10.2. The van der Waals surface area contributed by atoms with Crippen molar-refractivity contribution in [1.29, 1.82) is 0 Å². The van der Waals surface area contributed by atoms with Gasteiger partial charge in [0.05, 0.1) is 39.6 Å². The van der Waals surface area contributed by atoms with Gasteiger partial charge in [-0.3, -0.25) is 0 Å². The number of alkyl halides is 2. The Morgan fingerprint density at radius 1 is 0.750 bits per heavy atom. The highest BCUT2D eigenvalue weighted by Crippen LogP contribution is 2.43. The van der Waals surface area contributed by atoms with Gasteiger partial charge in [-0.05, 0) is 0 Å². The molecule has 0 amide bonds. The van der Waals surface area contributed by atoms with Crippen molar-refractivity contribution >= 4 is 75.0 Å². The molecule has 12 heteroatoms. The first-order chi connectivity index (χ1) is 13.4. The highest BCUT2D eigenvalue weighted by atomic mass is 79.9. The molecule has 6 nitrogen and oxygen atoms in total. The quantitative estimate of drug-likeness (QED) is 0.197. The normalized spacial score (nSPS) is 20.1. The Balaban J connectivity index is 0.000000392. The minimum Gasteiger partial charge on any atom is -0.396 e. The molecule has 0 atom stereocenters. The van der Waals surface area contributed by atoms with Gasteiger partial charge in [0.25, 0.3) is 0 Å². The molecule has 2 rings (SSSR count). The Kier molecular flexibility index (Phi) is 18.0. The lowest BCUT2D eigenvalue weighted by molar-refractivity contribution is 0.0634. The van der Waals surface area contributed by atoms with Gasteiger partial charge in [-0.2, -0.15) is 0 Å². The molecule has 2 saturated heterocycles. The summed E-state index contributed by atoms with van der Waals surface area (Å²) in [5, 5.41) is 45.4. The van der Waals surface area contributed by atoms with E-state index in [2.05, 4.69) is 31.9 Å². The van der Waals surface area contributed by atoms with Crippen LogP contribution in [0.5, 0.6) is 0 Å². The molecule has 5 N–H and O–H groups in total. The highest BCUT2D eigenvalue weighted by Gasteiger charge is 2.35. The summed E-state index contributed by atoms with van der Waals surface area (Å²) in [7, 11) is 8.78. The third-order valence-corrected chi connectivity index (χ3v) is 12.4. The van der Waals surface area contributed by atoms with E-state index < -0.39 is 0 Å². The van der Waals surface area contributed by atoms with Gasteiger partial charge in [0, 0.05) is 57.0 Å². The van der Waals surface area contributed by atoms with Crippen molar-refractivity contribution in [3.63, 3.8) is 0 Å². The van der Waals surface area contributed by atoms with Crippen molar-refractivity contribution in [2.45, 2.75) is 0 Å². The summed E-state index contributed by atoms with van der Waals surface area (Å²) in [5.74, 6) is 3.79. The summed E-state index contributed by atoms with van der Waals surface area (Å²) in [6.07, 6.45) is 0. The lowest BCUT2D eigenvalue weighted by Crippen LogP contribution is -2.33. The number of rotatable bonds is 9. The minimum absolute atomic E-state index is 0. The predicted molar refractivity (Wildman–Crippen MR) is 132 cm³/mol. The molecule has 0 aliphatic carbocycles. The van der Waals surface area contributed by atoms with E-state index in [9.17, 15) is 0 Å². The molecule has 170 valence electrons. The molecule has 28 heavy (non-hydrogen) atoms. The van der Waals surface area contributed by atoms with E-state index in [4.69, 9.17) is 30.3 Å². The van der Waals surface area contributed by atoms with Crippen LogP contribution in [0.1, 0.15) is 0 Å². The summed E-state index contributed by atoms with van der Waals surface area (Å²) in [6, 6.07) is 0. The van der Waals surface area contributed by atoms with Crippen LogP contribution in [-0.2, 0) is 4.74 Å². The molecule has 2 heterocycles. The van der Waals surface area contributed by atoms with Crippen LogP contribution in [0.4, 0.5) is 0 Å².